The number of rotatable bonds is 4. The summed E-state index contributed by atoms with van der Waals surface area (Å²) in [5.74, 6) is 0.713. The van der Waals surface area contributed by atoms with Crippen molar-refractivity contribution < 1.29 is 4.74 Å². The van der Waals surface area contributed by atoms with Crippen molar-refractivity contribution in [2.75, 3.05) is 18.6 Å². The molecule has 5 heteroatoms. The van der Waals surface area contributed by atoms with Gasteiger partial charge in [0.25, 0.3) is 0 Å². The van der Waals surface area contributed by atoms with Crippen molar-refractivity contribution in [3.05, 3.63) is 63.1 Å². The third-order valence-electron chi connectivity index (χ3n) is 5.29. The van der Waals surface area contributed by atoms with Gasteiger partial charge < -0.3 is 9.64 Å². The lowest BCUT2D eigenvalue weighted by Gasteiger charge is -2.43. The van der Waals surface area contributed by atoms with Crippen LogP contribution in [0.5, 0.6) is 5.75 Å². The van der Waals surface area contributed by atoms with Crippen LogP contribution in [0.3, 0.4) is 0 Å². The smallest absolute Gasteiger partial charge is 0.128 e. The number of likely N-dealkylation sites (N-methyl/N-ethyl adjacent to an activating group) is 1. The normalized spacial score (nSPS) is 15.4. The van der Waals surface area contributed by atoms with Gasteiger partial charge in [-0.3, -0.25) is 0 Å². The van der Waals surface area contributed by atoms with E-state index in [2.05, 4.69) is 56.9 Å². The lowest BCUT2D eigenvalue weighted by Crippen LogP contribution is -2.44. The van der Waals surface area contributed by atoms with Gasteiger partial charge in [0.1, 0.15) is 5.75 Å². The molecule has 2 aromatic carbocycles. The summed E-state index contributed by atoms with van der Waals surface area (Å²) in [4.78, 5) is 2.35. The Bertz CT molecular complexity index is 1060. The molecule has 3 nitrogen and oxygen atoms in total. The van der Waals surface area contributed by atoms with Crippen molar-refractivity contribution in [3.63, 3.8) is 0 Å². The maximum atomic E-state index is 9.77. The van der Waals surface area contributed by atoms with Gasteiger partial charge in [0, 0.05) is 40.0 Å². The first kappa shape index (κ1) is 21.3. The summed E-state index contributed by atoms with van der Waals surface area (Å²) >= 11 is 12.3. The molecule has 0 amide bonds. The Kier molecular flexibility index (Phi) is 5.98. The van der Waals surface area contributed by atoms with Crippen LogP contribution in [-0.2, 0) is 0 Å². The Balaban J connectivity index is 2.20. The van der Waals surface area contributed by atoms with Gasteiger partial charge in [0.15, 0.2) is 0 Å². The average Bonchev–Trinajstić information content (AvgIpc) is 2.66. The first-order valence-corrected chi connectivity index (χ1v) is 10.2. The number of fused-ring (bicyclic) bond motifs is 1. The fraction of sp³-hybridized carbons (Fsp3) is 0.292. The van der Waals surface area contributed by atoms with Crippen molar-refractivity contribution >= 4 is 46.1 Å². The van der Waals surface area contributed by atoms with Gasteiger partial charge in [-0.15, -0.1) is 0 Å². The molecule has 0 spiro atoms. The minimum absolute atomic E-state index is 0.0805. The fourth-order valence-corrected chi connectivity index (χ4v) is 4.53. The topological polar surface area (TPSA) is 36.3 Å². The molecule has 150 valence electrons. The number of benzene rings is 2. The number of methoxy groups -OCH3 is 1. The molecule has 0 fully saturated rings. The molecule has 0 aliphatic carbocycles. The van der Waals surface area contributed by atoms with Crippen LogP contribution in [0.15, 0.2) is 36.4 Å². The van der Waals surface area contributed by atoms with E-state index in [1.165, 1.54) is 5.57 Å². The van der Waals surface area contributed by atoms with E-state index in [4.69, 9.17) is 27.9 Å². The van der Waals surface area contributed by atoms with Crippen molar-refractivity contribution in [3.8, 4) is 11.8 Å². The van der Waals surface area contributed by atoms with Crippen molar-refractivity contribution in [1.82, 2.24) is 0 Å². The standard InChI is InChI=1S/C24H24Cl2N2O/c1-6-28-22-12-23(29-5)16(10-20(22)15(2)13-24(28,3)4)9-17(14-27)19-8-7-18(25)11-21(19)26/h7-13H,6H2,1-5H3/b17-9+. The number of allylic oxidation sites excluding steroid dienone is 2. The van der Waals surface area contributed by atoms with Gasteiger partial charge in [-0.1, -0.05) is 35.3 Å². The molecule has 3 rings (SSSR count). The third-order valence-corrected chi connectivity index (χ3v) is 5.83. The summed E-state index contributed by atoms with van der Waals surface area (Å²) in [5.41, 5.74) is 5.32. The highest BCUT2D eigenvalue weighted by molar-refractivity contribution is 6.36. The van der Waals surface area contributed by atoms with Gasteiger partial charge in [-0.2, -0.15) is 5.26 Å². The molecule has 0 saturated carbocycles. The minimum Gasteiger partial charge on any atom is -0.496 e. The second-order valence-electron chi connectivity index (χ2n) is 7.63. The molecule has 0 unspecified atom stereocenters. The maximum Gasteiger partial charge on any atom is 0.128 e. The van der Waals surface area contributed by atoms with Gasteiger partial charge in [0.05, 0.1) is 29.3 Å². The molecule has 0 saturated heterocycles. The van der Waals surface area contributed by atoms with Gasteiger partial charge in [-0.25, -0.2) is 0 Å². The Morgan fingerprint density at radius 1 is 1.24 bits per heavy atom. The van der Waals surface area contributed by atoms with E-state index < -0.39 is 0 Å². The molecule has 0 N–H and O–H groups in total. The van der Waals surface area contributed by atoms with Crippen molar-refractivity contribution in [2.24, 2.45) is 0 Å². The van der Waals surface area contributed by atoms with E-state index in [1.807, 2.05) is 6.08 Å². The molecule has 29 heavy (non-hydrogen) atoms. The third kappa shape index (κ3) is 4.01. The predicted octanol–water partition coefficient (Wildman–Crippen LogP) is 7.09. The molecule has 1 heterocycles. The average molecular weight is 427 g/mol. The number of hydrogen-bond acceptors (Lipinski definition) is 3. The Morgan fingerprint density at radius 3 is 2.55 bits per heavy atom. The molecule has 0 aromatic heterocycles. The molecule has 0 bridgehead atoms. The quantitative estimate of drug-likeness (QED) is 0.386. The summed E-state index contributed by atoms with van der Waals surface area (Å²) in [6.07, 6.45) is 4.09. The van der Waals surface area contributed by atoms with Crippen LogP contribution in [0.2, 0.25) is 10.0 Å². The van der Waals surface area contributed by atoms with E-state index in [9.17, 15) is 5.26 Å². The van der Waals surface area contributed by atoms with E-state index in [0.29, 0.717) is 26.9 Å². The fourth-order valence-electron chi connectivity index (χ4n) is 4.02. The molecule has 1 aliphatic rings. The summed E-state index contributed by atoms with van der Waals surface area (Å²) in [7, 11) is 1.65. The zero-order valence-corrected chi connectivity index (χ0v) is 18.8. The second kappa shape index (κ2) is 8.14. The van der Waals surface area contributed by atoms with Crippen molar-refractivity contribution in [1.29, 1.82) is 5.26 Å². The summed E-state index contributed by atoms with van der Waals surface area (Å²) < 4.78 is 5.68. The lowest BCUT2D eigenvalue weighted by molar-refractivity contribution is 0.413. The zero-order valence-electron chi connectivity index (χ0n) is 17.3. The molecular formula is C24H24Cl2N2O. The first-order valence-electron chi connectivity index (χ1n) is 9.48. The maximum absolute atomic E-state index is 9.77. The Morgan fingerprint density at radius 2 is 1.97 bits per heavy atom. The highest BCUT2D eigenvalue weighted by atomic mass is 35.5. The monoisotopic (exact) mass is 426 g/mol. The molecule has 0 atom stereocenters. The van der Waals surface area contributed by atoms with Crippen LogP contribution in [0.4, 0.5) is 5.69 Å². The number of nitrogens with zero attached hydrogens (tertiary/aromatic N) is 2. The molecule has 2 aromatic rings. The summed E-state index contributed by atoms with van der Waals surface area (Å²) in [6.45, 7) is 9.57. The second-order valence-corrected chi connectivity index (χ2v) is 8.47. The number of ether oxygens (including phenoxy) is 1. The predicted molar refractivity (Wildman–Crippen MR) is 124 cm³/mol. The molecule has 1 aliphatic heterocycles. The number of nitriles is 1. The zero-order chi connectivity index (χ0) is 21.3. The first-order chi connectivity index (χ1) is 13.7. The number of hydrogen-bond donors (Lipinski definition) is 0. The van der Waals surface area contributed by atoms with Crippen LogP contribution in [0, 0.1) is 11.3 Å². The van der Waals surface area contributed by atoms with Crippen LogP contribution >= 0.6 is 23.2 Å². The Hall–Kier alpha value is -2.41. The van der Waals surface area contributed by atoms with Gasteiger partial charge in [0.2, 0.25) is 0 Å². The van der Waals surface area contributed by atoms with Gasteiger partial charge >= 0.3 is 0 Å². The van der Waals surface area contributed by atoms with Crippen LogP contribution < -0.4 is 9.64 Å². The van der Waals surface area contributed by atoms with E-state index in [1.54, 1.807) is 25.3 Å². The SMILES string of the molecule is CCN1c2cc(OC)c(/C=C(\C#N)c3ccc(Cl)cc3Cl)cc2C(C)=CC1(C)C. The summed E-state index contributed by atoms with van der Waals surface area (Å²) in [6, 6.07) is 11.5. The number of anilines is 1. The van der Waals surface area contributed by atoms with E-state index in [-0.39, 0.29) is 5.54 Å². The van der Waals surface area contributed by atoms with Crippen LogP contribution in [-0.4, -0.2) is 19.2 Å². The van der Waals surface area contributed by atoms with E-state index >= 15 is 0 Å². The van der Waals surface area contributed by atoms with Crippen LogP contribution in [0.25, 0.3) is 17.2 Å². The van der Waals surface area contributed by atoms with Crippen LogP contribution in [0.1, 0.15) is 44.4 Å². The number of halogens is 2. The highest BCUT2D eigenvalue weighted by Gasteiger charge is 2.31. The molecular weight excluding hydrogens is 403 g/mol. The largest absolute Gasteiger partial charge is 0.496 e. The summed E-state index contributed by atoms with van der Waals surface area (Å²) in [5, 5.41) is 10.7. The van der Waals surface area contributed by atoms with Crippen molar-refractivity contribution in [2.45, 2.75) is 33.2 Å². The highest BCUT2D eigenvalue weighted by Crippen LogP contribution is 2.43. The van der Waals surface area contributed by atoms with E-state index in [0.717, 1.165) is 23.4 Å². The Labute approximate surface area is 182 Å². The molecule has 0 radical (unpaired) electrons. The minimum atomic E-state index is -0.0805. The van der Waals surface area contributed by atoms with Gasteiger partial charge in [-0.05, 0) is 57.5 Å². The lowest BCUT2D eigenvalue weighted by atomic mass is 9.87.